The summed E-state index contributed by atoms with van der Waals surface area (Å²) in [6.45, 7) is 22.5. The number of para-hydroxylation sites is 1. The van der Waals surface area contributed by atoms with Gasteiger partial charge in [0.1, 0.15) is 21.9 Å². The minimum absolute atomic E-state index is 0.154. The van der Waals surface area contributed by atoms with Crippen LogP contribution >= 0.6 is 11.3 Å². The molecule has 0 saturated heterocycles. The SMILES string of the molecule is CC(C)c1cc(-c2ccccc2)cc(C(C)C)c1-c1ccc(-c2cc(-c3cc(-c4ccccc4)ccn3)cc(C(C)(C)C)c2)c2nc(-c3c(O)c(C(C)(C)C)cc4c3oc3ccccc34)sc12. The largest absolute Gasteiger partial charge is 0.507 e. The molecule has 1 N–H and O–H groups in total. The van der Waals surface area contributed by atoms with Crippen molar-refractivity contribution in [2.45, 2.75) is 91.9 Å². The van der Waals surface area contributed by atoms with E-state index in [0.717, 1.165) is 76.2 Å². The first-order valence-electron chi connectivity index (χ1n) is 23.6. The van der Waals surface area contributed by atoms with E-state index >= 15 is 0 Å². The van der Waals surface area contributed by atoms with Crippen molar-refractivity contribution in [1.82, 2.24) is 9.97 Å². The topological polar surface area (TPSA) is 59.2 Å². The Hall–Kier alpha value is -6.82. The average molecular weight is 895 g/mol. The first kappa shape index (κ1) is 44.0. The molecule has 7 aromatic carbocycles. The number of benzene rings is 7. The fraction of sp³-hybridized carbons (Fsp3) is 0.226. The molecule has 0 saturated carbocycles. The summed E-state index contributed by atoms with van der Waals surface area (Å²) in [6.07, 6.45) is 1.92. The van der Waals surface area contributed by atoms with E-state index in [9.17, 15) is 5.11 Å². The first-order chi connectivity index (χ1) is 32.0. The molecule has 334 valence electrons. The molecular weight excluding hydrogens is 837 g/mol. The van der Waals surface area contributed by atoms with E-state index in [2.05, 4.69) is 197 Å². The number of furan rings is 1. The maximum atomic E-state index is 12.6. The van der Waals surface area contributed by atoms with Gasteiger partial charge in [-0.05, 0) is 109 Å². The third-order valence-electron chi connectivity index (χ3n) is 13.3. The number of nitrogens with zero attached hydrogens (tertiary/aromatic N) is 2. The fourth-order valence-corrected chi connectivity index (χ4v) is 10.8. The van der Waals surface area contributed by atoms with Crippen molar-refractivity contribution in [1.29, 1.82) is 0 Å². The second-order valence-corrected chi connectivity index (χ2v) is 21.8. The lowest BCUT2D eigenvalue weighted by molar-refractivity contribution is 0.448. The van der Waals surface area contributed by atoms with Gasteiger partial charge in [-0.1, -0.05) is 178 Å². The Labute approximate surface area is 399 Å². The van der Waals surface area contributed by atoms with Crippen LogP contribution in [0, 0.1) is 0 Å². The van der Waals surface area contributed by atoms with E-state index in [1.807, 2.05) is 24.4 Å². The van der Waals surface area contributed by atoms with Crippen molar-refractivity contribution in [3.8, 4) is 72.1 Å². The smallest absolute Gasteiger partial charge is 0.149 e. The summed E-state index contributed by atoms with van der Waals surface area (Å²) >= 11 is 1.65. The van der Waals surface area contributed by atoms with Crippen LogP contribution in [-0.4, -0.2) is 15.1 Å². The highest BCUT2D eigenvalue weighted by atomic mass is 32.1. The molecule has 0 unspecified atom stereocenters. The number of phenolic OH excluding ortho intramolecular Hbond substituents is 1. The standard InChI is InChI=1S/C62H58N2O2S/c1-36(2)48-32-41(39-21-15-12-16-22-39)33-49(37(3)4)54(48)47-26-25-45(42-29-43(31-44(30-42)61(5,6)7)52-34-40(27-28-63-52)38-19-13-11-14-20-38)56-59(47)67-60(64-56)55-57(65)51(62(8,9)10)35-50-46-23-17-18-24-53(46)66-58(50)55/h11-37,65H,1-10H3. The summed E-state index contributed by atoms with van der Waals surface area (Å²) in [4.78, 5) is 10.7. The zero-order valence-corrected chi connectivity index (χ0v) is 41.1. The molecule has 10 aromatic rings. The molecule has 0 aliphatic rings. The molecule has 0 spiro atoms. The predicted octanol–water partition coefficient (Wildman–Crippen LogP) is 18.1. The minimum Gasteiger partial charge on any atom is -0.507 e. The van der Waals surface area contributed by atoms with E-state index in [0.29, 0.717) is 11.1 Å². The van der Waals surface area contributed by atoms with E-state index in [4.69, 9.17) is 14.4 Å². The lowest BCUT2D eigenvalue weighted by Crippen LogP contribution is -2.11. The number of phenols is 1. The van der Waals surface area contributed by atoms with Crippen LogP contribution in [-0.2, 0) is 10.8 Å². The molecule has 3 aromatic heterocycles. The molecule has 0 radical (unpaired) electrons. The number of hydrogen-bond acceptors (Lipinski definition) is 5. The van der Waals surface area contributed by atoms with Gasteiger partial charge in [0.25, 0.3) is 0 Å². The molecule has 0 amide bonds. The molecule has 0 bridgehead atoms. The third-order valence-corrected chi connectivity index (χ3v) is 14.4. The maximum Gasteiger partial charge on any atom is 0.149 e. The van der Waals surface area contributed by atoms with Crippen molar-refractivity contribution in [3.05, 3.63) is 174 Å². The fourth-order valence-electron chi connectivity index (χ4n) is 9.63. The normalized spacial score (nSPS) is 12.4. The van der Waals surface area contributed by atoms with Crippen molar-refractivity contribution >= 4 is 43.5 Å². The van der Waals surface area contributed by atoms with Gasteiger partial charge in [0.2, 0.25) is 0 Å². The predicted molar refractivity (Wildman–Crippen MR) is 285 cm³/mol. The highest BCUT2D eigenvalue weighted by Crippen LogP contribution is 2.52. The summed E-state index contributed by atoms with van der Waals surface area (Å²) < 4.78 is 7.80. The molecule has 10 rings (SSSR count). The Morgan fingerprint density at radius 1 is 0.537 bits per heavy atom. The van der Waals surface area contributed by atoms with Crippen LogP contribution in [0.15, 0.2) is 156 Å². The number of thiazole rings is 1. The molecule has 0 atom stereocenters. The lowest BCUT2D eigenvalue weighted by Gasteiger charge is -2.23. The molecule has 5 heteroatoms. The number of rotatable bonds is 8. The quantitative estimate of drug-likeness (QED) is 0.165. The van der Waals surface area contributed by atoms with Gasteiger partial charge in [0.15, 0.2) is 0 Å². The Morgan fingerprint density at radius 3 is 1.79 bits per heavy atom. The van der Waals surface area contributed by atoms with Crippen LogP contribution in [0.5, 0.6) is 5.75 Å². The van der Waals surface area contributed by atoms with Gasteiger partial charge in [-0.15, -0.1) is 11.3 Å². The van der Waals surface area contributed by atoms with Crippen LogP contribution < -0.4 is 0 Å². The van der Waals surface area contributed by atoms with Gasteiger partial charge >= 0.3 is 0 Å². The van der Waals surface area contributed by atoms with Crippen molar-refractivity contribution in [3.63, 3.8) is 0 Å². The molecular formula is C62H58N2O2S. The summed E-state index contributed by atoms with van der Waals surface area (Å²) in [5.41, 5.74) is 18.3. The van der Waals surface area contributed by atoms with Gasteiger partial charge in [0, 0.05) is 39.2 Å². The van der Waals surface area contributed by atoms with Gasteiger partial charge in [-0.3, -0.25) is 4.98 Å². The van der Waals surface area contributed by atoms with Crippen LogP contribution in [0.3, 0.4) is 0 Å². The molecule has 0 aliphatic heterocycles. The number of aromatic hydroxyl groups is 1. The summed E-state index contributed by atoms with van der Waals surface area (Å²) in [5, 5.41) is 15.3. The van der Waals surface area contributed by atoms with Crippen molar-refractivity contribution in [2.75, 3.05) is 0 Å². The lowest BCUT2D eigenvalue weighted by atomic mass is 9.81. The molecule has 3 heterocycles. The Bertz CT molecular complexity index is 3460. The van der Waals surface area contributed by atoms with Crippen LogP contribution in [0.4, 0.5) is 0 Å². The number of fused-ring (bicyclic) bond motifs is 4. The van der Waals surface area contributed by atoms with Crippen LogP contribution in [0.25, 0.3) is 98.5 Å². The molecule has 4 nitrogen and oxygen atoms in total. The first-order valence-corrected chi connectivity index (χ1v) is 24.4. The number of aromatic nitrogens is 2. The summed E-state index contributed by atoms with van der Waals surface area (Å²) in [7, 11) is 0. The molecule has 67 heavy (non-hydrogen) atoms. The van der Waals surface area contributed by atoms with Gasteiger partial charge in [-0.25, -0.2) is 4.98 Å². The number of pyridine rings is 1. The highest BCUT2D eigenvalue weighted by Gasteiger charge is 2.30. The Kier molecular flexibility index (Phi) is 11.0. The van der Waals surface area contributed by atoms with E-state index in [-0.39, 0.29) is 28.4 Å². The highest BCUT2D eigenvalue weighted by molar-refractivity contribution is 7.22. The average Bonchev–Trinajstić information content (AvgIpc) is 3.92. The Morgan fingerprint density at radius 2 is 1.15 bits per heavy atom. The number of hydrogen-bond donors (Lipinski definition) is 1. The summed E-state index contributed by atoms with van der Waals surface area (Å²) in [5.74, 6) is 0.692. The zero-order valence-electron chi connectivity index (χ0n) is 40.2. The zero-order chi connectivity index (χ0) is 46.9. The third kappa shape index (κ3) is 8.04. The Balaban J connectivity index is 1.29. The second-order valence-electron chi connectivity index (χ2n) is 20.8. The van der Waals surface area contributed by atoms with Crippen molar-refractivity contribution in [2.24, 2.45) is 0 Å². The monoisotopic (exact) mass is 894 g/mol. The van der Waals surface area contributed by atoms with Crippen molar-refractivity contribution < 1.29 is 9.52 Å². The maximum absolute atomic E-state index is 12.6. The van der Waals surface area contributed by atoms with Crippen LogP contribution in [0.1, 0.15) is 103 Å². The van der Waals surface area contributed by atoms with Gasteiger partial charge in [-0.2, -0.15) is 0 Å². The molecule has 0 aliphatic carbocycles. The summed E-state index contributed by atoms with van der Waals surface area (Å²) in [6, 6.07) is 52.1. The van der Waals surface area contributed by atoms with Crippen LogP contribution in [0.2, 0.25) is 0 Å². The van der Waals surface area contributed by atoms with Gasteiger partial charge in [0.05, 0.1) is 21.5 Å². The minimum atomic E-state index is -0.354. The molecule has 0 fully saturated rings. The van der Waals surface area contributed by atoms with Gasteiger partial charge < -0.3 is 9.52 Å². The second kappa shape index (κ2) is 16.8. The van der Waals surface area contributed by atoms with E-state index in [1.54, 1.807) is 11.3 Å². The van der Waals surface area contributed by atoms with E-state index < -0.39 is 0 Å². The van der Waals surface area contributed by atoms with E-state index in [1.165, 1.54) is 33.4 Å².